The number of nitrogens with zero attached hydrogens (tertiary/aromatic N) is 2. The van der Waals surface area contributed by atoms with E-state index >= 15 is 0 Å². The summed E-state index contributed by atoms with van der Waals surface area (Å²) < 4.78 is 36.4. The van der Waals surface area contributed by atoms with Crippen molar-refractivity contribution in [2.75, 3.05) is 25.1 Å². The predicted octanol–water partition coefficient (Wildman–Crippen LogP) is 5.73. The number of aromatic nitrogens is 1. The minimum absolute atomic E-state index is 0.122. The largest absolute Gasteiger partial charge is 0.469 e. The van der Waals surface area contributed by atoms with Crippen molar-refractivity contribution < 1.29 is 27.8 Å². The number of hydrogen-bond donors (Lipinski definition) is 1. The summed E-state index contributed by atoms with van der Waals surface area (Å²) in [4.78, 5) is 32.7. The van der Waals surface area contributed by atoms with Gasteiger partial charge >= 0.3 is 12.6 Å². The molecule has 1 aromatic heterocycles. The number of thioether (sulfide) groups is 1. The van der Waals surface area contributed by atoms with Crippen LogP contribution in [-0.2, 0) is 14.3 Å². The lowest BCUT2D eigenvalue weighted by atomic mass is 9.85. The van der Waals surface area contributed by atoms with Gasteiger partial charge in [-0.1, -0.05) is 25.8 Å². The molecule has 4 aliphatic rings. The van der Waals surface area contributed by atoms with Gasteiger partial charge in [-0.25, -0.2) is 4.98 Å². The van der Waals surface area contributed by atoms with E-state index in [-0.39, 0.29) is 29.8 Å². The first kappa shape index (κ1) is 28.3. The van der Waals surface area contributed by atoms with Crippen molar-refractivity contribution in [1.82, 2.24) is 10.3 Å². The molecular weight excluding hydrogens is 524 g/mol. The first-order valence-electron chi connectivity index (χ1n) is 14.2. The average Bonchev–Trinajstić information content (AvgIpc) is 3.48. The van der Waals surface area contributed by atoms with E-state index in [4.69, 9.17) is 14.5 Å². The molecular formula is C29H39F2N3O4S. The van der Waals surface area contributed by atoms with Gasteiger partial charge in [0.05, 0.1) is 24.3 Å². The summed E-state index contributed by atoms with van der Waals surface area (Å²) >= 11 is 1.67. The number of methoxy groups -OCH3 is 1. The number of allylic oxidation sites excluding steroid dienone is 1. The topological polar surface area (TPSA) is 80.8 Å². The minimum atomic E-state index is -2.83. The van der Waals surface area contributed by atoms with Crippen molar-refractivity contribution in [3.8, 4) is 0 Å². The minimum Gasteiger partial charge on any atom is -0.469 e. The SMILES string of the molecule is COC(=O)CC1CCCN(c2ccc(C(=O)NC3C[C@@]4(OC(F)F)CC3=CC(C)C4)c(SC3CCCC3)n2)C1. The van der Waals surface area contributed by atoms with Crippen molar-refractivity contribution in [2.45, 2.75) is 99.7 Å². The van der Waals surface area contributed by atoms with E-state index in [9.17, 15) is 18.4 Å². The van der Waals surface area contributed by atoms with E-state index in [1.807, 2.05) is 19.1 Å². The van der Waals surface area contributed by atoms with E-state index < -0.39 is 12.2 Å². The number of carbonyl (C=O) groups excluding carboxylic acids is 2. The number of fused-ring (bicyclic) bond motifs is 2. The molecule has 0 spiro atoms. The molecule has 3 fully saturated rings. The van der Waals surface area contributed by atoms with Crippen LogP contribution in [0.4, 0.5) is 14.6 Å². The Morgan fingerprint density at radius 2 is 2.00 bits per heavy atom. The van der Waals surface area contributed by atoms with Crippen LogP contribution >= 0.6 is 11.8 Å². The van der Waals surface area contributed by atoms with Crippen molar-refractivity contribution >= 4 is 29.5 Å². The zero-order valence-electron chi connectivity index (χ0n) is 22.8. The number of esters is 1. The third-order valence-electron chi connectivity index (χ3n) is 8.58. The number of amides is 1. The zero-order valence-corrected chi connectivity index (χ0v) is 23.6. The number of rotatable bonds is 9. The average molecular weight is 564 g/mol. The lowest BCUT2D eigenvalue weighted by Crippen LogP contribution is -2.38. The number of ether oxygens (including phenoxy) is 2. The summed E-state index contributed by atoms with van der Waals surface area (Å²) in [5.41, 5.74) is 0.578. The van der Waals surface area contributed by atoms with Gasteiger partial charge in [0.1, 0.15) is 10.8 Å². The molecule has 3 aliphatic carbocycles. The van der Waals surface area contributed by atoms with Crippen LogP contribution in [0.15, 0.2) is 28.8 Å². The van der Waals surface area contributed by atoms with E-state index in [1.54, 1.807) is 11.8 Å². The molecule has 4 atom stereocenters. The molecule has 1 aliphatic heterocycles. The fourth-order valence-electron chi connectivity index (χ4n) is 6.91. The molecule has 2 heterocycles. The molecule has 1 amide bonds. The number of hydrogen-bond acceptors (Lipinski definition) is 7. The molecule has 1 N–H and O–H groups in total. The normalized spacial score (nSPS) is 29.0. The van der Waals surface area contributed by atoms with Crippen molar-refractivity contribution in [2.24, 2.45) is 11.8 Å². The summed E-state index contributed by atoms with van der Waals surface area (Å²) in [5.74, 6) is 0.730. The summed E-state index contributed by atoms with van der Waals surface area (Å²) in [6, 6.07) is 3.41. The second kappa shape index (κ2) is 12.1. The van der Waals surface area contributed by atoms with E-state index in [1.165, 1.54) is 20.0 Å². The van der Waals surface area contributed by atoms with Gasteiger partial charge in [-0.3, -0.25) is 9.59 Å². The Morgan fingerprint density at radius 1 is 1.21 bits per heavy atom. The third kappa shape index (κ3) is 6.76. The van der Waals surface area contributed by atoms with Crippen molar-refractivity contribution in [1.29, 1.82) is 0 Å². The predicted molar refractivity (Wildman–Crippen MR) is 146 cm³/mol. The van der Waals surface area contributed by atoms with Gasteiger partial charge in [-0.15, -0.1) is 11.8 Å². The van der Waals surface area contributed by atoms with Gasteiger partial charge in [-0.05, 0) is 68.1 Å². The molecule has 39 heavy (non-hydrogen) atoms. The molecule has 2 saturated carbocycles. The van der Waals surface area contributed by atoms with Crippen LogP contribution < -0.4 is 10.2 Å². The van der Waals surface area contributed by atoms with Gasteiger partial charge in [0.25, 0.3) is 5.91 Å². The highest BCUT2D eigenvalue weighted by Crippen LogP contribution is 2.47. The van der Waals surface area contributed by atoms with Crippen LogP contribution in [0.5, 0.6) is 0 Å². The Labute approximate surface area is 233 Å². The van der Waals surface area contributed by atoms with Crippen LogP contribution in [0.3, 0.4) is 0 Å². The second-order valence-corrected chi connectivity index (χ2v) is 13.0. The number of halogens is 2. The van der Waals surface area contributed by atoms with Crippen LogP contribution in [0.1, 0.15) is 81.5 Å². The maximum atomic E-state index is 13.6. The Morgan fingerprint density at radius 3 is 2.74 bits per heavy atom. The Hall–Kier alpha value is -2.20. The Balaban J connectivity index is 1.35. The third-order valence-corrected chi connectivity index (χ3v) is 9.92. The standard InChI is InChI=1S/C29H39F2N3O4S/c1-18-12-20-15-29(14-18,38-28(30)31)16-23(20)32-26(36)22-9-10-24(33-27(22)39-21-7-3-4-8-21)34-11-5-6-19(17-34)13-25(35)37-2/h9-10,12,18-19,21,23,28H,3-8,11,13-17H2,1-2H3,(H,32,36)/t18?,19?,23?,29-/m0/s1. The van der Waals surface area contributed by atoms with E-state index in [0.29, 0.717) is 41.5 Å². The first-order chi connectivity index (χ1) is 18.7. The molecule has 5 rings (SSSR count). The van der Waals surface area contributed by atoms with Gasteiger partial charge < -0.3 is 19.7 Å². The zero-order chi connectivity index (χ0) is 27.6. The number of nitrogens with one attached hydrogen (secondary N) is 1. The summed E-state index contributed by atoms with van der Waals surface area (Å²) in [6.07, 6.45) is 10.3. The molecule has 10 heteroatoms. The maximum Gasteiger partial charge on any atom is 0.345 e. The number of anilines is 1. The van der Waals surface area contributed by atoms with Crippen LogP contribution in [0, 0.1) is 11.8 Å². The van der Waals surface area contributed by atoms with Crippen LogP contribution in [0.25, 0.3) is 0 Å². The lowest BCUT2D eigenvalue weighted by molar-refractivity contribution is -0.211. The number of pyridine rings is 1. The Bertz CT molecular complexity index is 1100. The van der Waals surface area contributed by atoms with Gasteiger partial charge in [0.2, 0.25) is 0 Å². The van der Waals surface area contributed by atoms with Crippen molar-refractivity contribution in [3.05, 3.63) is 29.3 Å². The molecule has 0 radical (unpaired) electrons. The second-order valence-electron chi connectivity index (χ2n) is 11.7. The quantitative estimate of drug-likeness (QED) is 0.304. The van der Waals surface area contributed by atoms with Gasteiger partial charge in [-0.2, -0.15) is 8.78 Å². The fraction of sp³-hybridized carbons (Fsp3) is 0.690. The molecule has 3 unspecified atom stereocenters. The maximum absolute atomic E-state index is 13.6. The van der Waals surface area contributed by atoms with Crippen molar-refractivity contribution in [3.63, 3.8) is 0 Å². The Kier molecular flexibility index (Phi) is 8.81. The number of carbonyl (C=O) groups is 2. The van der Waals surface area contributed by atoms with Crippen LogP contribution in [-0.4, -0.2) is 60.6 Å². The molecule has 1 saturated heterocycles. The number of piperidine rings is 1. The summed E-state index contributed by atoms with van der Waals surface area (Å²) in [5, 5.41) is 4.27. The summed E-state index contributed by atoms with van der Waals surface area (Å²) in [7, 11) is 1.42. The van der Waals surface area contributed by atoms with E-state index in [0.717, 1.165) is 50.2 Å². The van der Waals surface area contributed by atoms with Gasteiger partial charge in [0.15, 0.2) is 0 Å². The summed E-state index contributed by atoms with van der Waals surface area (Å²) in [6.45, 7) is 0.744. The monoisotopic (exact) mass is 563 g/mol. The molecule has 2 bridgehead atoms. The highest BCUT2D eigenvalue weighted by molar-refractivity contribution is 7.99. The molecule has 7 nitrogen and oxygen atoms in total. The highest BCUT2D eigenvalue weighted by Gasteiger charge is 2.48. The van der Waals surface area contributed by atoms with E-state index in [2.05, 4.69) is 16.3 Å². The smallest absolute Gasteiger partial charge is 0.345 e. The van der Waals surface area contributed by atoms with Crippen LogP contribution in [0.2, 0.25) is 0 Å². The molecule has 1 aromatic rings. The number of alkyl halides is 2. The highest BCUT2D eigenvalue weighted by atomic mass is 32.2. The fourth-order valence-corrected chi connectivity index (χ4v) is 8.23. The molecule has 0 aromatic carbocycles. The van der Waals surface area contributed by atoms with Gasteiger partial charge in [0, 0.05) is 31.2 Å². The molecule has 214 valence electrons. The lowest BCUT2D eigenvalue weighted by Gasteiger charge is -2.33. The first-order valence-corrected chi connectivity index (χ1v) is 15.1.